The molecule has 3 N–H and O–H groups in total. The van der Waals surface area contributed by atoms with Crippen LogP contribution in [-0.4, -0.2) is 50.2 Å². The van der Waals surface area contributed by atoms with Crippen molar-refractivity contribution in [3.05, 3.63) is 24.0 Å². The Labute approximate surface area is 123 Å². The highest BCUT2D eigenvalue weighted by Gasteiger charge is 2.30. The topological polar surface area (TPSA) is 92.9 Å². The summed E-state index contributed by atoms with van der Waals surface area (Å²) in [5.74, 6) is -0.672. The highest BCUT2D eigenvalue weighted by Crippen LogP contribution is 2.24. The minimum Gasteiger partial charge on any atom is -0.399 e. The smallest absolute Gasteiger partial charge is 0.243 e. The molecule has 0 aliphatic carbocycles. The first-order chi connectivity index (χ1) is 9.93. The van der Waals surface area contributed by atoms with Gasteiger partial charge in [0.1, 0.15) is 5.82 Å². The second-order valence-corrected chi connectivity index (χ2v) is 6.86. The van der Waals surface area contributed by atoms with Crippen LogP contribution in [0, 0.1) is 5.82 Å². The molecule has 0 bridgehead atoms. The first-order valence-corrected chi connectivity index (χ1v) is 8.16. The highest BCUT2D eigenvalue weighted by atomic mass is 32.2. The SMILES string of the molecule is Nc1cc(F)cc(S(=O)(=O)N2CCC(OCCO)CC2)c1. The Morgan fingerprint density at radius 2 is 2.00 bits per heavy atom. The van der Waals surface area contributed by atoms with E-state index >= 15 is 0 Å². The van der Waals surface area contributed by atoms with Crippen LogP contribution in [0.5, 0.6) is 0 Å². The van der Waals surface area contributed by atoms with Crippen LogP contribution >= 0.6 is 0 Å². The van der Waals surface area contributed by atoms with Crippen molar-refractivity contribution < 1.29 is 22.7 Å². The van der Waals surface area contributed by atoms with Crippen molar-refractivity contribution >= 4 is 15.7 Å². The Kier molecular flexibility index (Phi) is 5.15. The average molecular weight is 318 g/mol. The molecule has 1 aromatic rings. The van der Waals surface area contributed by atoms with Gasteiger partial charge in [-0.25, -0.2) is 12.8 Å². The summed E-state index contributed by atoms with van der Waals surface area (Å²) < 4.78 is 44.9. The number of rotatable bonds is 5. The molecule has 6 nitrogen and oxygen atoms in total. The minimum absolute atomic E-state index is 0.0545. The first-order valence-electron chi connectivity index (χ1n) is 6.72. The maximum absolute atomic E-state index is 13.3. The second-order valence-electron chi connectivity index (χ2n) is 4.92. The van der Waals surface area contributed by atoms with E-state index in [0.717, 1.165) is 12.1 Å². The van der Waals surface area contributed by atoms with Crippen LogP contribution < -0.4 is 5.73 Å². The Hall–Kier alpha value is -1.22. The normalized spacial score (nSPS) is 18.0. The third-order valence-corrected chi connectivity index (χ3v) is 5.25. The van der Waals surface area contributed by atoms with Gasteiger partial charge < -0.3 is 15.6 Å². The average Bonchev–Trinajstić information content (AvgIpc) is 2.44. The van der Waals surface area contributed by atoms with Gasteiger partial charge in [-0.05, 0) is 31.0 Å². The summed E-state index contributed by atoms with van der Waals surface area (Å²) in [7, 11) is -3.74. The number of aliphatic hydroxyl groups is 1. The van der Waals surface area contributed by atoms with Crippen molar-refractivity contribution in [1.29, 1.82) is 0 Å². The number of aliphatic hydroxyl groups excluding tert-OH is 1. The Balaban J connectivity index is 2.07. The molecule has 8 heteroatoms. The van der Waals surface area contributed by atoms with Crippen molar-refractivity contribution in [2.75, 3.05) is 32.0 Å². The van der Waals surface area contributed by atoms with Crippen LogP contribution in [0.15, 0.2) is 23.1 Å². The number of ether oxygens (including phenoxy) is 1. The second kappa shape index (κ2) is 6.69. The van der Waals surface area contributed by atoms with Gasteiger partial charge in [-0.2, -0.15) is 4.31 Å². The Bertz CT molecular complexity index is 566. The number of hydrogen-bond acceptors (Lipinski definition) is 5. The van der Waals surface area contributed by atoms with Crippen molar-refractivity contribution in [2.45, 2.75) is 23.8 Å². The largest absolute Gasteiger partial charge is 0.399 e. The highest BCUT2D eigenvalue weighted by molar-refractivity contribution is 7.89. The van der Waals surface area contributed by atoms with E-state index < -0.39 is 15.8 Å². The summed E-state index contributed by atoms with van der Waals surface area (Å²) in [5.41, 5.74) is 5.57. The lowest BCUT2D eigenvalue weighted by Crippen LogP contribution is -2.41. The van der Waals surface area contributed by atoms with E-state index in [-0.39, 0.29) is 29.9 Å². The van der Waals surface area contributed by atoms with Gasteiger partial charge in [-0.3, -0.25) is 0 Å². The maximum atomic E-state index is 13.3. The Morgan fingerprint density at radius 1 is 1.33 bits per heavy atom. The van der Waals surface area contributed by atoms with E-state index in [4.69, 9.17) is 15.6 Å². The van der Waals surface area contributed by atoms with Crippen molar-refractivity contribution in [2.24, 2.45) is 0 Å². The molecule has 1 aliphatic rings. The van der Waals surface area contributed by atoms with E-state index in [9.17, 15) is 12.8 Å². The first kappa shape index (κ1) is 16.2. The number of nitrogens with zero attached hydrogens (tertiary/aromatic N) is 1. The summed E-state index contributed by atoms with van der Waals surface area (Å²) in [4.78, 5) is -0.130. The van der Waals surface area contributed by atoms with Crippen LogP contribution in [-0.2, 0) is 14.8 Å². The lowest BCUT2D eigenvalue weighted by Gasteiger charge is -2.31. The van der Waals surface area contributed by atoms with Crippen LogP contribution in [0.2, 0.25) is 0 Å². The Morgan fingerprint density at radius 3 is 2.57 bits per heavy atom. The number of anilines is 1. The lowest BCUT2D eigenvalue weighted by atomic mass is 10.1. The van der Waals surface area contributed by atoms with Crippen molar-refractivity contribution in [3.8, 4) is 0 Å². The zero-order chi connectivity index (χ0) is 15.5. The number of hydrogen-bond donors (Lipinski definition) is 2. The van der Waals surface area contributed by atoms with Crippen LogP contribution in [0.3, 0.4) is 0 Å². The third-order valence-electron chi connectivity index (χ3n) is 3.38. The van der Waals surface area contributed by atoms with Gasteiger partial charge in [0, 0.05) is 18.8 Å². The predicted octanol–water partition coefficient (Wildman–Crippen LogP) is 0.570. The number of sulfonamides is 1. The molecule has 1 heterocycles. The fourth-order valence-electron chi connectivity index (χ4n) is 2.34. The molecule has 2 rings (SSSR count). The molecule has 1 aromatic carbocycles. The zero-order valence-electron chi connectivity index (χ0n) is 11.5. The number of nitrogens with two attached hydrogens (primary N) is 1. The molecule has 0 unspecified atom stereocenters. The van der Waals surface area contributed by atoms with Gasteiger partial charge in [0.25, 0.3) is 0 Å². The number of benzene rings is 1. The molecule has 0 radical (unpaired) electrons. The molecule has 0 aromatic heterocycles. The molecule has 118 valence electrons. The van der Waals surface area contributed by atoms with Crippen molar-refractivity contribution in [3.63, 3.8) is 0 Å². The van der Waals surface area contributed by atoms with Gasteiger partial charge in [0.15, 0.2) is 0 Å². The molecule has 0 saturated carbocycles. The van der Waals surface area contributed by atoms with Gasteiger partial charge in [-0.1, -0.05) is 0 Å². The standard InChI is InChI=1S/C13H19FN2O4S/c14-10-7-11(15)9-13(8-10)21(18,19)16-3-1-12(2-4-16)20-6-5-17/h7-9,12,17H,1-6,15H2. The van der Waals surface area contributed by atoms with Crippen LogP contribution in [0.25, 0.3) is 0 Å². The van der Waals surface area contributed by atoms with Crippen LogP contribution in [0.4, 0.5) is 10.1 Å². The summed E-state index contributed by atoms with van der Waals surface area (Å²) >= 11 is 0. The van der Waals surface area contributed by atoms with Gasteiger partial charge in [0.05, 0.1) is 24.2 Å². The van der Waals surface area contributed by atoms with Crippen LogP contribution in [0.1, 0.15) is 12.8 Å². The molecular weight excluding hydrogens is 299 g/mol. The molecule has 1 saturated heterocycles. The quantitative estimate of drug-likeness (QED) is 0.774. The van der Waals surface area contributed by atoms with Gasteiger partial charge >= 0.3 is 0 Å². The molecule has 0 amide bonds. The number of nitrogen functional groups attached to an aromatic ring is 1. The number of halogens is 1. The summed E-state index contributed by atoms with van der Waals surface area (Å²) in [5, 5.41) is 8.70. The van der Waals surface area contributed by atoms with Crippen molar-refractivity contribution in [1.82, 2.24) is 4.31 Å². The molecular formula is C13H19FN2O4S. The lowest BCUT2D eigenvalue weighted by molar-refractivity contribution is 0.00318. The summed E-state index contributed by atoms with van der Waals surface area (Å²) in [6, 6.07) is 3.31. The van der Waals surface area contributed by atoms with Gasteiger partial charge in [-0.15, -0.1) is 0 Å². The molecule has 21 heavy (non-hydrogen) atoms. The fourth-order valence-corrected chi connectivity index (χ4v) is 3.88. The van der Waals surface area contributed by atoms with E-state index in [1.807, 2.05) is 0 Å². The van der Waals surface area contributed by atoms with E-state index in [2.05, 4.69) is 0 Å². The number of piperidine rings is 1. The summed E-state index contributed by atoms with van der Waals surface area (Å²) in [6.07, 6.45) is 1.04. The molecule has 0 atom stereocenters. The van der Waals surface area contributed by atoms with E-state index in [1.54, 1.807) is 0 Å². The van der Waals surface area contributed by atoms with Gasteiger partial charge in [0.2, 0.25) is 10.0 Å². The molecule has 0 spiro atoms. The minimum atomic E-state index is -3.74. The predicted molar refractivity (Wildman–Crippen MR) is 75.6 cm³/mol. The fraction of sp³-hybridized carbons (Fsp3) is 0.538. The molecule has 1 aliphatic heterocycles. The maximum Gasteiger partial charge on any atom is 0.243 e. The monoisotopic (exact) mass is 318 g/mol. The van der Waals surface area contributed by atoms with E-state index in [0.29, 0.717) is 25.9 Å². The van der Waals surface area contributed by atoms with E-state index in [1.165, 1.54) is 10.4 Å². The molecule has 1 fully saturated rings. The third kappa shape index (κ3) is 3.91. The summed E-state index contributed by atoms with van der Waals surface area (Å²) in [6.45, 7) is 0.794. The zero-order valence-corrected chi connectivity index (χ0v) is 12.4.